The Bertz CT molecular complexity index is 373. The van der Waals surface area contributed by atoms with Crippen LogP contribution in [0.15, 0.2) is 18.2 Å². The number of ether oxygens (including phenoxy) is 2. The van der Waals surface area contributed by atoms with Gasteiger partial charge in [-0.05, 0) is 30.2 Å². The van der Waals surface area contributed by atoms with Crippen LogP contribution in [0.4, 0.5) is 0 Å². The SMILES string of the molecule is COC(=O)C[C@@H](O)c1ccc(OC)cc1C. The molecule has 4 nitrogen and oxygen atoms in total. The van der Waals surface area contributed by atoms with Gasteiger partial charge in [-0.1, -0.05) is 6.07 Å². The lowest BCUT2D eigenvalue weighted by atomic mass is 10.0. The van der Waals surface area contributed by atoms with Crippen molar-refractivity contribution in [3.05, 3.63) is 29.3 Å². The molecule has 1 atom stereocenters. The summed E-state index contributed by atoms with van der Waals surface area (Å²) in [4.78, 5) is 11.0. The maximum Gasteiger partial charge on any atom is 0.308 e. The summed E-state index contributed by atoms with van der Waals surface area (Å²) in [6.07, 6.45) is -0.873. The molecule has 0 aliphatic carbocycles. The summed E-state index contributed by atoms with van der Waals surface area (Å²) in [7, 11) is 2.88. The van der Waals surface area contributed by atoms with Gasteiger partial charge in [0.15, 0.2) is 0 Å². The van der Waals surface area contributed by atoms with Gasteiger partial charge in [-0.2, -0.15) is 0 Å². The molecule has 0 saturated carbocycles. The number of hydrogen-bond donors (Lipinski definition) is 1. The van der Waals surface area contributed by atoms with Crippen LogP contribution in [0.5, 0.6) is 5.75 Å². The molecule has 1 aromatic rings. The van der Waals surface area contributed by atoms with Crippen LogP contribution in [0.1, 0.15) is 23.7 Å². The van der Waals surface area contributed by atoms with Gasteiger partial charge in [-0.15, -0.1) is 0 Å². The highest BCUT2D eigenvalue weighted by molar-refractivity contribution is 5.70. The highest BCUT2D eigenvalue weighted by atomic mass is 16.5. The smallest absolute Gasteiger partial charge is 0.308 e. The number of carbonyl (C=O) groups excluding carboxylic acids is 1. The summed E-state index contributed by atoms with van der Waals surface area (Å²) in [5.74, 6) is 0.300. The second-order valence-corrected chi connectivity index (χ2v) is 3.52. The van der Waals surface area contributed by atoms with E-state index in [1.165, 1.54) is 7.11 Å². The van der Waals surface area contributed by atoms with Gasteiger partial charge in [-0.3, -0.25) is 4.79 Å². The van der Waals surface area contributed by atoms with E-state index in [4.69, 9.17) is 4.74 Å². The third kappa shape index (κ3) is 2.97. The van der Waals surface area contributed by atoms with Crippen molar-refractivity contribution in [3.8, 4) is 5.75 Å². The van der Waals surface area contributed by atoms with Gasteiger partial charge in [0.1, 0.15) is 5.75 Å². The Labute approximate surface area is 94.8 Å². The Morgan fingerprint density at radius 3 is 2.62 bits per heavy atom. The molecule has 0 aliphatic rings. The number of esters is 1. The first-order valence-corrected chi connectivity index (χ1v) is 4.98. The molecule has 0 spiro atoms. The fourth-order valence-electron chi connectivity index (χ4n) is 1.50. The van der Waals surface area contributed by atoms with E-state index in [1.807, 2.05) is 13.0 Å². The van der Waals surface area contributed by atoms with Crippen LogP contribution in [0.3, 0.4) is 0 Å². The number of rotatable bonds is 4. The quantitative estimate of drug-likeness (QED) is 0.789. The van der Waals surface area contributed by atoms with Crippen molar-refractivity contribution >= 4 is 5.97 Å². The zero-order chi connectivity index (χ0) is 12.1. The molecule has 1 rings (SSSR count). The van der Waals surface area contributed by atoms with Crippen molar-refractivity contribution < 1.29 is 19.4 Å². The Kier molecular flexibility index (Phi) is 4.31. The molecule has 0 radical (unpaired) electrons. The number of aliphatic hydroxyl groups is 1. The molecule has 0 unspecified atom stereocenters. The first kappa shape index (κ1) is 12.5. The molecule has 88 valence electrons. The topological polar surface area (TPSA) is 55.8 Å². The van der Waals surface area contributed by atoms with Crippen molar-refractivity contribution in [1.82, 2.24) is 0 Å². The Morgan fingerprint density at radius 2 is 2.12 bits per heavy atom. The zero-order valence-electron chi connectivity index (χ0n) is 9.69. The monoisotopic (exact) mass is 224 g/mol. The van der Waals surface area contributed by atoms with Crippen molar-refractivity contribution in [1.29, 1.82) is 0 Å². The highest BCUT2D eigenvalue weighted by Gasteiger charge is 2.15. The fraction of sp³-hybridized carbons (Fsp3) is 0.417. The van der Waals surface area contributed by atoms with E-state index in [2.05, 4.69) is 4.74 Å². The van der Waals surface area contributed by atoms with Crippen LogP contribution in [-0.2, 0) is 9.53 Å². The average molecular weight is 224 g/mol. The van der Waals surface area contributed by atoms with E-state index in [1.54, 1.807) is 19.2 Å². The van der Waals surface area contributed by atoms with Crippen LogP contribution >= 0.6 is 0 Å². The molecule has 1 N–H and O–H groups in total. The van der Waals surface area contributed by atoms with Crippen molar-refractivity contribution in [2.24, 2.45) is 0 Å². The fourth-order valence-corrected chi connectivity index (χ4v) is 1.50. The number of benzene rings is 1. The van der Waals surface area contributed by atoms with Gasteiger partial charge >= 0.3 is 5.97 Å². The van der Waals surface area contributed by atoms with Gasteiger partial charge in [0.25, 0.3) is 0 Å². The molecule has 0 fully saturated rings. The first-order chi connectivity index (χ1) is 7.58. The maximum absolute atomic E-state index is 11.0. The summed E-state index contributed by atoms with van der Waals surface area (Å²) >= 11 is 0. The lowest BCUT2D eigenvalue weighted by Crippen LogP contribution is -2.09. The third-order valence-corrected chi connectivity index (χ3v) is 2.42. The lowest BCUT2D eigenvalue weighted by molar-refractivity contribution is -0.142. The van der Waals surface area contributed by atoms with Crippen molar-refractivity contribution in [2.75, 3.05) is 14.2 Å². The molecule has 0 saturated heterocycles. The Hall–Kier alpha value is -1.55. The molecule has 0 amide bonds. The lowest BCUT2D eigenvalue weighted by Gasteiger charge is -2.13. The summed E-state index contributed by atoms with van der Waals surface area (Å²) in [5.41, 5.74) is 1.60. The van der Waals surface area contributed by atoms with Gasteiger partial charge < -0.3 is 14.6 Å². The molecular formula is C12H16O4. The van der Waals surface area contributed by atoms with Crippen LogP contribution < -0.4 is 4.74 Å². The van der Waals surface area contributed by atoms with Gasteiger partial charge in [0.2, 0.25) is 0 Å². The predicted octanol–water partition coefficient (Wildman–Crippen LogP) is 1.60. The van der Waals surface area contributed by atoms with E-state index in [0.717, 1.165) is 11.3 Å². The average Bonchev–Trinajstić information content (AvgIpc) is 2.28. The zero-order valence-corrected chi connectivity index (χ0v) is 9.69. The molecule has 1 aromatic carbocycles. The molecule has 0 aromatic heterocycles. The Balaban J connectivity index is 2.83. The molecule has 4 heteroatoms. The van der Waals surface area contributed by atoms with Crippen LogP contribution in [0.2, 0.25) is 0 Å². The second-order valence-electron chi connectivity index (χ2n) is 3.52. The highest BCUT2D eigenvalue weighted by Crippen LogP contribution is 2.24. The minimum Gasteiger partial charge on any atom is -0.497 e. The first-order valence-electron chi connectivity index (χ1n) is 4.98. The normalized spacial score (nSPS) is 12.0. The summed E-state index contributed by atoms with van der Waals surface area (Å²) in [6, 6.07) is 5.32. The molecule has 0 heterocycles. The van der Waals surface area contributed by atoms with Crippen LogP contribution in [-0.4, -0.2) is 25.3 Å². The third-order valence-electron chi connectivity index (χ3n) is 2.42. The van der Waals surface area contributed by atoms with E-state index < -0.39 is 12.1 Å². The van der Waals surface area contributed by atoms with Gasteiger partial charge in [0.05, 0.1) is 26.7 Å². The number of carbonyl (C=O) groups is 1. The largest absolute Gasteiger partial charge is 0.497 e. The standard InChI is InChI=1S/C12H16O4/c1-8-6-9(15-2)4-5-10(8)11(13)7-12(14)16-3/h4-6,11,13H,7H2,1-3H3/t11-/m1/s1. The Morgan fingerprint density at radius 1 is 1.44 bits per heavy atom. The van der Waals surface area contributed by atoms with Crippen molar-refractivity contribution in [3.63, 3.8) is 0 Å². The van der Waals surface area contributed by atoms with Gasteiger partial charge in [-0.25, -0.2) is 0 Å². The van der Waals surface area contributed by atoms with E-state index >= 15 is 0 Å². The van der Waals surface area contributed by atoms with E-state index in [0.29, 0.717) is 5.56 Å². The van der Waals surface area contributed by atoms with Crippen molar-refractivity contribution in [2.45, 2.75) is 19.4 Å². The molecule has 16 heavy (non-hydrogen) atoms. The molecule has 0 aliphatic heterocycles. The number of aliphatic hydroxyl groups excluding tert-OH is 1. The van der Waals surface area contributed by atoms with E-state index in [9.17, 15) is 9.90 Å². The van der Waals surface area contributed by atoms with Crippen LogP contribution in [0, 0.1) is 6.92 Å². The molecular weight excluding hydrogens is 208 g/mol. The summed E-state index contributed by atoms with van der Waals surface area (Å²) < 4.78 is 9.56. The summed E-state index contributed by atoms with van der Waals surface area (Å²) in [6.45, 7) is 1.86. The van der Waals surface area contributed by atoms with Crippen LogP contribution in [0.25, 0.3) is 0 Å². The minimum absolute atomic E-state index is 0.0380. The predicted molar refractivity (Wildman–Crippen MR) is 59.3 cm³/mol. The number of methoxy groups -OCH3 is 2. The van der Waals surface area contributed by atoms with Gasteiger partial charge in [0, 0.05) is 0 Å². The molecule has 0 bridgehead atoms. The maximum atomic E-state index is 11.0. The second kappa shape index (κ2) is 5.51. The van der Waals surface area contributed by atoms with E-state index in [-0.39, 0.29) is 6.42 Å². The summed E-state index contributed by atoms with van der Waals surface area (Å²) in [5, 5.41) is 9.82. The minimum atomic E-state index is -0.835. The number of hydrogen-bond acceptors (Lipinski definition) is 4. The number of aryl methyl sites for hydroxylation is 1.